The van der Waals surface area contributed by atoms with Crippen LogP contribution in [-0.4, -0.2) is 24.9 Å². The summed E-state index contributed by atoms with van der Waals surface area (Å²) in [4.78, 5) is 4.45. The first-order valence-corrected chi connectivity index (χ1v) is 10.8. The third-order valence-corrected chi connectivity index (χ3v) is 6.10. The van der Waals surface area contributed by atoms with Gasteiger partial charge in [-0.05, 0) is 22.4 Å². The Kier molecular flexibility index (Phi) is 5.07. The summed E-state index contributed by atoms with van der Waals surface area (Å²) in [6, 6.07) is 10.5. The van der Waals surface area contributed by atoms with E-state index in [2.05, 4.69) is 65.4 Å². The number of thiophene rings is 1. The van der Waals surface area contributed by atoms with Gasteiger partial charge in [-0.3, -0.25) is 0 Å². The third kappa shape index (κ3) is 3.88. The first-order valence-electron chi connectivity index (χ1n) is 8.90. The van der Waals surface area contributed by atoms with Gasteiger partial charge in [-0.15, -0.1) is 10.2 Å². The molecule has 0 saturated carbocycles. The standard InChI is InChI=1S/C20H21N5OS2/c1-20(2,3)15-7-5-13(6-8-15)18-22-23-19(25(18)4)28-12-16-21-17(24-26-16)14-9-10-27-11-14/h5-11H,12H2,1-4H3. The zero-order valence-corrected chi connectivity index (χ0v) is 17.8. The summed E-state index contributed by atoms with van der Waals surface area (Å²) in [7, 11) is 1.97. The second kappa shape index (κ2) is 7.52. The molecule has 1 aromatic carbocycles. The fraction of sp³-hybridized carbons (Fsp3) is 0.300. The quantitative estimate of drug-likeness (QED) is 0.421. The van der Waals surface area contributed by atoms with E-state index >= 15 is 0 Å². The number of aromatic nitrogens is 5. The molecule has 4 rings (SSSR count). The molecular formula is C20H21N5OS2. The Morgan fingerprint density at radius 1 is 1.07 bits per heavy atom. The van der Waals surface area contributed by atoms with Crippen LogP contribution in [-0.2, 0) is 18.2 Å². The van der Waals surface area contributed by atoms with E-state index in [0.29, 0.717) is 17.5 Å². The lowest BCUT2D eigenvalue weighted by Crippen LogP contribution is -2.10. The van der Waals surface area contributed by atoms with Crippen molar-refractivity contribution in [3.05, 3.63) is 52.5 Å². The predicted molar refractivity (Wildman–Crippen MR) is 112 cm³/mol. The van der Waals surface area contributed by atoms with Gasteiger partial charge in [-0.25, -0.2) is 0 Å². The number of nitrogens with zero attached hydrogens (tertiary/aromatic N) is 5. The number of hydrogen-bond donors (Lipinski definition) is 0. The van der Waals surface area contributed by atoms with E-state index in [0.717, 1.165) is 22.1 Å². The van der Waals surface area contributed by atoms with Crippen molar-refractivity contribution in [1.82, 2.24) is 24.9 Å². The first-order chi connectivity index (χ1) is 13.4. The van der Waals surface area contributed by atoms with Crippen molar-refractivity contribution in [2.75, 3.05) is 0 Å². The predicted octanol–water partition coefficient (Wildman–Crippen LogP) is 5.18. The summed E-state index contributed by atoms with van der Waals surface area (Å²) in [5.74, 6) is 2.58. The van der Waals surface area contributed by atoms with Gasteiger partial charge in [0.2, 0.25) is 11.7 Å². The molecule has 4 aromatic rings. The number of hydrogen-bond acceptors (Lipinski definition) is 7. The highest BCUT2D eigenvalue weighted by atomic mass is 32.2. The van der Waals surface area contributed by atoms with Gasteiger partial charge < -0.3 is 9.09 Å². The first kappa shape index (κ1) is 18.9. The molecule has 28 heavy (non-hydrogen) atoms. The molecule has 0 aliphatic rings. The summed E-state index contributed by atoms with van der Waals surface area (Å²) < 4.78 is 7.34. The molecule has 3 heterocycles. The zero-order chi connectivity index (χ0) is 19.7. The average molecular weight is 412 g/mol. The molecule has 0 amide bonds. The molecule has 0 radical (unpaired) electrons. The SMILES string of the molecule is Cn1c(SCc2nc(-c3ccsc3)no2)nnc1-c1ccc(C(C)(C)C)cc1. The van der Waals surface area contributed by atoms with E-state index in [4.69, 9.17) is 4.52 Å². The van der Waals surface area contributed by atoms with Gasteiger partial charge in [-0.1, -0.05) is 62.0 Å². The number of benzene rings is 1. The minimum Gasteiger partial charge on any atom is -0.338 e. The summed E-state index contributed by atoms with van der Waals surface area (Å²) in [6.45, 7) is 6.63. The molecule has 8 heteroatoms. The minimum absolute atomic E-state index is 0.130. The normalized spacial score (nSPS) is 11.9. The van der Waals surface area contributed by atoms with Crippen LogP contribution in [0.15, 0.2) is 50.8 Å². The highest BCUT2D eigenvalue weighted by molar-refractivity contribution is 7.98. The smallest absolute Gasteiger partial charge is 0.237 e. The summed E-state index contributed by atoms with van der Waals surface area (Å²) in [5, 5.41) is 17.5. The van der Waals surface area contributed by atoms with E-state index in [1.165, 1.54) is 17.3 Å². The van der Waals surface area contributed by atoms with Crippen molar-refractivity contribution in [3.8, 4) is 22.8 Å². The third-order valence-electron chi connectivity index (χ3n) is 4.42. The van der Waals surface area contributed by atoms with Crippen LogP contribution >= 0.6 is 23.1 Å². The topological polar surface area (TPSA) is 69.6 Å². The van der Waals surface area contributed by atoms with Gasteiger partial charge in [0.25, 0.3) is 0 Å². The Hall–Kier alpha value is -2.45. The summed E-state index contributed by atoms with van der Waals surface area (Å²) >= 11 is 3.14. The highest BCUT2D eigenvalue weighted by Crippen LogP contribution is 2.28. The van der Waals surface area contributed by atoms with Crippen LogP contribution in [0.5, 0.6) is 0 Å². The van der Waals surface area contributed by atoms with E-state index < -0.39 is 0 Å². The largest absolute Gasteiger partial charge is 0.338 e. The molecular weight excluding hydrogens is 390 g/mol. The molecule has 3 aromatic heterocycles. The fourth-order valence-electron chi connectivity index (χ4n) is 2.76. The molecule has 0 aliphatic heterocycles. The van der Waals surface area contributed by atoms with Crippen molar-refractivity contribution < 1.29 is 4.52 Å². The van der Waals surface area contributed by atoms with E-state index in [1.54, 1.807) is 11.3 Å². The van der Waals surface area contributed by atoms with Gasteiger partial charge in [0, 0.05) is 23.6 Å². The average Bonchev–Trinajstić information content (AvgIpc) is 3.40. The number of rotatable bonds is 5. The van der Waals surface area contributed by atoms with E-state index in [9.17, 15) is 0 Å². The summed E-state index contributed by atoms with van der Waals surface area (Å²) in [6.07, 6.45) is 0. The lowest BCUT2D eigenvalue weighted by Gasteiger charge is -2.19. The van der Waals surface area contributed by atoms with Crippen LogP contribution in [0.2, 0.25) is 0 Å². The Morgan fingerprint density at radius 2 is 1.86 bits per heavy atom. The fourth-order valence-corrected chi connectivity index (χ4v) is 4.14. The van der Waals surface area contributed by atoms with Crippen LogP contribution in [0.25, 0.3) is 22.8 Å². The maximum Gasteiger partial charge on any atom is 0.237 e. The molecule has 0 fully saturated rings. The monoisotopic (exact) mass is 411 g/mol. The lowest BCUT2D eigenvalue weighted by molar-refractivity contribution is 0.391. The van der Waals surface area contributed by atoms with Crippen molar-refractivity contribution in [2.45, 2.75) is 37.1 Å². The van der Waals surface area contributed by atoms with Crippen molar-refractivity contribution >= 4 is 23.1 Å². The van der Waals surface area contributed by atoms with Gasteiger partial charge in [0.1, 0.15) is 0 Å². The second-order valence-corrected chi connectivity index (χ2v) is 9.23. The Bertz CT molecular complexity index is 1060. The summed E-state index contributed by atoms with van der Waals surface area (Å²) in [5.41, 5.74) is 3.45. The Morgan fingerprint density at radius 3 is 2.54 bits per heavy atom. The maximum atomic E-state index is 5.35. The molecule has 0 spiro atoms. The molecule has 0 saturated heterocycles. The van der Waals surface area contributed by atoms with Crippen molar-refractivity contribution in [2.24, 2.45) is 7.05 Å². The van der Waals surface area contributed by atoms with E-state index in [1.807, 2.05) is 28.4 Å². The van der Waals surface area contributed by atoms with Crippen LogP contribution < -0.4 is 0 Å². The highest BCUT2D eigenvalue weighted by Gasteiger charge is 2.16. The van der Waals surface area contributed by atoms with Crippen LogP contribution in [0.3, 0.4) is 0 Å². The maximum absolute atomic E-state index is 5.35. The van der Waals surface area contributed by atoms with Crippen LogP contribution in [0.4, 0.5) is 0 Å². The van der Waals surface area contributed by atoms with Crippen molar-refractivity contribution in [1.29, 1.82) is 0 Å². The minimum atomic E-state index is 0.130. The Labute approximate surface area is 172 Å². The zero-order valence-electron chi connectivity index (χ0n) is 16.2. The van der Waals surface area contributed by atoms with Crippen LogP contribution in [0, 0.1) is 0 Å². The van der Waals surface area contributed by atoms with E-state index in [-0.39, 0.29) is 5.41 Å². The molecule has 0 aliphatic carbocycles. The van der Waals surface area contributed by atoms with Crippen molar-refractivity contribution in [3.63, 3.8) is 0 Å². The van der Waals surface area contributed by atoms with Crippen LogP contribution in [0.1, 0.15) is 32.2 Å². The van der Waals surface area contributed by atoms with Gasteiger partial charge >= 0.3 is 0 Å². The molecule has 0 N–H and O–H groups in total. The second-order valence-electron chi connectivity index (χ2n) is 7.50. The lowest BCUT2D eigenvalue weighted by atomic mass is 9.87. The molecule has 0 atom stereocenters. The molecule has 6 nitrogen and oxygen atoms in total. The van der Waals surface area contributed by atoms with Gasteiger partial charge in [-0.2, -0.15) is 16.3 Å². The number of thioether (sulfide) groups is 1. The molecule has 0 unspecified atom stereocenters. The molecule has 0 bridgehead atoms. The van der Waals surface area contributed by atoms with Gasteiger partial charge in [0.15, 0.2) is 11.0 Å². The van der Waals surface area contributed by atoms with Gasteiger partial charge in [0.05, 0.1) is 5.75 Å². The Balaban J connectivity index is 1.47. The molecule has 144 valence electrons.